The Hall–Kier alpha value is -0.960. The van der Waals surface area contributed by atoms with Crippen molar-refractivity contribution in [3.63, 3.8) is 0 Å². The zero-order valence-corrected chi connectivity index (χ0v) is 14.0. The first kappa shape index (κ1) is 15.9. The Labute approximate surface area is 133 Å². The number of nitrogens with zero attached hydrogens (tertiary/aromatic N) is 1. The number of hydrogen-bond acceptors (Lipinski definition) is 5. The highest BCUT2D eigenvalue weighted by atomic mass is 32.2. The van der Waals surface area contributed by atoms with Gasteiger partial charge in [-0.25, -0.2) is 8.42 Å². The van der Waals surface area contributed by atoms with Gasteiger partial charge in [-0.2, -0.15) is 4.31 Å². The predicted octanol–water partition coefficient (Wildman–Crippen LogP) is 1.84. The second kappa shape index (κ2) is 5.59. The summed E-state index contributed by atoms with van der Waals surface area (Å²) in [6, 6.07) is 1.78. The standard InChI is InChI=1S/C14H19NO5S2/c1-10-3-6-21-13(10)22(18,19)15-8-11(7-12(16)17)20-14(9-15)4-2-5-14/h3,6,11H,2,4-5,7-9H2,1H3,(H,16,17). The number of carbonyl (C=O) groups is 1. The van der Waals surface area contributed by atoms with Crippen LogP contribution in [-0.4, -0.2) is 48.6 Å². The molecule has 1 saturated carbocycles. The Kier molecular flexibility index (Phi) is 4.05. The maximum Gasteiger partial charge on any atom is 0.306 e. The molecule has 1 aliphatic heterocycles. The second-order valence-corrected chi connectivity index (χ2v) is 9.11. The number of carboxylic acids is 1. The molecule has 1 aromatic rings. The van der Waals surface area contributed by atoms with Gasteiger partial charge in [-0.3, -0.25) is 4.79 Å². The zero-order chi connectivity index (χ0) is 16.0. The van der Waals surface area contributed by atoms with E-state index in [1.54, 1.807) is 18.4 Å². The number of ether oxygens (including phenoxy) is 1. The summed E-state index contributed by atoms with van der Waals surface area (Å²) in [4.78, 5) is 11.0. The van der Waals surface area contributed by atoms with E-state index < -0.39 is 27.7 Å². The van der Waals surface area contributed by atoms with Gasteiger partial charge in [0.2, 0.25) is 0 Å². The average Bonchev–Trinajstić information content (AvgIpc) is 2.82. The molecule has 1 aromatic heterocycles. The molecule has 2 fully saturated rings. The molecule has 2 heterocycles. The van der Waals surface area contributed by atoms with Crippen molar-refractivity contribution < 1.29 is 23.1 Å². The molecule has 1 unspecified atom stereocenters. The van der Waals surface area contributed by atoms with E-state index in [0.717, 1.165) is 24.8 Å². The van der Waals surface area contributed by atoms with Crippen LogP contribution < -0.4 is 0 Å². The van der Waals surface area contributed by atoms with Gasteiger partial charge in [0.15, 0.2) is 0 Å². The van der Waals surface area contributed by atoms with Crippen molar-refractivity contribution in [2.75, 3.05) is 13.1 Å². The molecule has 0 aromatic carbocycles. The van der Waals surface area contributed by atoms with Crippen molar-refractivity contribution in [2.24, 2.45) is 0 Å². The third-order valence-corrected chi connectivity index (χ3v) is 7.82. The Morgan fingerprint density at radius 1 is 1.55 bits per heavy atom. The van der Waals surface area contributed by atoms with Gasteiger partial charge in [0.1, 0.15) is 4.21 Å². The monoisotopic (exact) mass is 345 g/mol. The Bertz CT molecular complexity index is 677. The highest BCUT2D eigenvalue weighted by molar-refractivity contribution is 7.91. The summed E-state index contributed by atoms with van der Waals surface area (Å²) in [6.45, 7) is 2.20. The van der Waals surface area contributed by atoms with Crippen molar-refractivity contribution in [3.8, 4) is 0 Å². The highest BCUT2D eigenvalue weighted by Gasteiger charge is 2.48. The first-order chi connectivity index (χ1) is 10.3. The van der Waals surface area contributed by atoms with Gasteiger partial charge >= 0.3 is 5.97 Å². The average molecular weight is 345 g/mol. The molecule has 2 aliphatic rings. The van der Waals surface area contributed by atoms with E-state index in [1.807, 2.05) is 0 Å². The maximum atomic E-state index is 12.9. The molecular weight excluding hydrogens is 326 g/mol. The molecule has 1 N–H and O–H groups in total. The Balaban J connectivity index is 1.88. The van der Waals surface area contributed by atoms with E-state index in [0.29, 0.717) is 10.8 Å². The summed E-state index contributed by atoms with van der Waals surface area (Å²) in [5.74, 6) is -0.967. The molecule has 8 heteroatoms. The van der Waals surface area contributed by atoms with Crippen LogP contribution in [0.1, 0.15) is 31.2 Å². The summed E-state index contributed by atoms with van der Waals surface area (Å²) in [5.41, 5.74) is 0.241. The summed E-state index contributed by atoms with van der Waals surface area (Å²) < 4.78 is 33.4. The summed E-state index contributed by atoms with van der Waals surface area (Å²) in [7, 11) is -3.59. The van der Waals surface area contributed by atoms with E-state index in [4.69, 9.17) is 9.84 Å². The molecule has 1 atom stereocenters. The van der Waals surface area contributed by atoms with Gasteiger partial charge in [0.05, 0.1) is 18.1 Å². The van der Waals surface area contributed by atoms with E-state index in [9.17, 15) is 13.2 Å². The quantitative estimate of drug-likeness (QED) is 0.900. The van der Waals surface area contributed by atoms with Crippen molar-refractivity contribution in [2.45, 2.75) is 48.5 Å². The Morgan fingerprint density at radius 3 is 2.77 bits per heavy atom. The summed E-state index contributed by atoms with van der Waals surface area (Å²) in [5, 5.41) is 10.8. The molecule has 3 rings (SSSR count). The minimum absolute atomic E-state index is 0.105. The molecule has 0 radical (unpaired) electrons. The fourth-order valence-electron chi connectivity index (χ4n) is 3.11. The fourth-order valence-corrected chi connectivity index (χ4v) is 6.21. The van der Waals surface area contributed by atoms with Crippen LogP contribution in [0.15, 0.2) is 15.7 Å². The lowest BCUT2D eigenvalue weighted by atomic mass is 9.79. The summed E-state index contributed by atoms with van der Waals surface area (Å²) >= 11 is 1.20. The molecular formula is C14H19NO5S2. The number of sulfonamides is 1. The van der Waals surface area contributed by atoms with Crippen LogP contribution in [0.3, 0.4) is 0 Å². The molecule has 1 saturated heterocycles. The third-order valence-electron chi connectivity index (χ3n) is 4.34. The van der Waals surface area contributed by atoms with Crippen LogP contribution >= 0.6 is 11.3 Å². The lowest BCUT2D eigenvalue weighted by Gasteiger charge is -2.50. The zero-order valence-electron chi connectivity index (χ0n) is 12.3. The third kappa shape index (κ3) is 2.80. The van der Waals surface area contributed by atoms with Gasteiger partial charge < -0.3 is 9.84 Å². The van der Waals surface area contributed by atoms with Crippen molar-refractivity contribution in [1.29, 1.82) is 0 Å². The predicted molar refractivity (Wildman–Crippen MR) is 81.5 cm³/mol. The van der Waals surface area contributed by atoms with Crippen molar-refractivity contribution in [3.05, 3.63) is 17.0 Å². The van der Waals surface area contributed by atoms with E-state index in [2.05, 4.69) is 0 Å². The molecule has 1 aliphatic carbocycles. The molecule has 0 amide bonds. The second-order valence-electron chi connectivity index (χ2n) is 6.06. The highest BCUT2D eigenvalue weighted by Crippen LogP contribution is 2.42. The topological polar surface area (TPSA) is 83.9 Å². The van der Waals surface area contributed by atoms with Crippen LogP contribution in [-0.2, 0) is 19.6 Å². The number of aliphatic carboxylic acids is 1. The number of rotatable bonds is 4. The van der Waals surface area contributed by atoms with Gasteiger partial charge in [-0.15, -0.1) is 11.3 Å². The van der Waals surface area contributed by atoms with E-state index in [1.165, 1.54) is 15.6 Å². The molecule has 122 valence electrons. The van der Waals surface area contributed by atoms with Gasteiger partial charge in [-0.05, 0) is 43.2 Å². The fraction of sp³-hybridized carbons (Fsp3) is 0.643. The van der Waals surface area contributed by atoms with Gasteiger partial charge in [-0.1, -0.05) is 0 Å². The van der Waals surface area contributed by atoms with Crippen molar-refractivity contribution >= 4 is 27.3 Å². The molecule has 6 nitrogen and oxygen atoms in total. The first-order valence-electron chi connectivity index (χ1n) is 7.26. The van der Waals surface area contributed by atoms with Crippen LogP contribution in [0.4, 0.5) is 0 Å². The van der Waals surface area contributed by atoms with Crippen LogP contribution in [0.2, 0.25) is 0 Å². The molecule has 0 bridgehead atoms. The number of thiophene rings is 1. The Morgan fingerprint density at radius 2 is 2.27 bits per heavy atom. The lowest BCUT2D eigenvalue weighted by Crippen LogP contribution is -2.60. The summed E-state index contributed by atoms with van der Waals surface area (Å²) in [6.07, 6.45) is 1.82. The largest absolute Gasteiger partial charge is 0.481 e. The smallest absolute Gasteiger partial charge is 0.306 e. The van der Waals surface area contributed by atoms with Crippen LogP contribution in [0.5, 0.6) is 0 Å². The normalized spacial score (nSPS) is 25.0. The first-order valence-corrected chi connectivity index (χ1v) is 9.58. The SMILES string of the molecule is Cc1ccsc1S(=O)(=O)N1CC(CC(=O)O)OC2(CCC2)C1. The number of carboxylic acid groups (broad SMARTS) is 1. The van der Waals surface area contributed by atoms with Gasteiger partial charge in [0, 0.05) is 13.1 Å². The van der Waals surface area contributed by atoms with Crippen molar-refractivity contribution in [1.82, 2.24) is 4.31 Å². The maximum absolute atomic E-state index is 12.9. The lowest BCUT2D eigenvalue weighted by molar-refractivity contribution is -0.183. The van der Waals surface area contributed by atoms with E-state index >= 15 is 0 Å². The van der Waals surface area contributed by atoms with Gasteiger partial charge in [0.25, 0.3) is 10.0 Å². The van der Waals surface area contributed by atoms with E-state index in [-0.39, 0.29) is 13.0 Å². The number of morpholine rings is 1. The van der Waals surface area contributed by atoms with Crippen LogP contribution in [0.25, 0.3) is 0 Å². The minimum atomic E-state index is -3.59. The molecule has 22 heavy (non-hydrogen) atoms. The number of aryl methyl sites for hydroxylation is 1. The molecule has 1 spiro atoms. The van der Waals surface area contributed by atoms with Crippen LogP contribution in [0, 0.1) is 6.92 Å². The number of hydrogen-bond donors (Lipinski definition) is 1. The minimum Gasteiger partial charge on any atom is -0.481 e.